The summed E-state index contributed by atoms with van der Waals surface area (Å²) in [7, 11) is 0. The van der Waals surface area contributed by atoms with Crippen LogP contribution in [0.15, 0.2) is 29.6 Å². The fourth-order valence-electron chi connectivity index (χ4n) is 1.86. The maximum Gasteiger partial charge on any atom is 0.0736 e. The summed E-state index contributed by atoms with van der Waals surface area (Å²) in [5.41, 5.74) is 1.20. The normalized spacial score (nSPS) is 15.2. The van der Waals surface area contributed by atoms with Gasteiger partial charge in [0.05, 0.1) is 5.38 Å². The van der Waals surface area contributed by atoms with Gasteiger partial charge in [0.25, 0.3) is 0 Å². The van der Waals surface area contributed by atoms with Gasteiger partial charge < -0.3 is 5.32 Å². The van der Waals surface area contributed by atoms with Gasteiger partial charge in [-0.3, -0.25) is 0 Å². The van der Waals surface area contributed by atoms with Gasteiger partial charge in [0, 0.05) is 10.7 Å². The van der Waals surface area contributed by atoms with Crippen molar-refractivity contribution >= 4 is 33.0 Å². The number of benzene rings is 1. The topological polar surface area (TPSA) is 12.0 Å². The molecule has 2 rings (SSSR count). The Bertz CT molecular complexity index is 466. The minimum Gasteiger partial charge on any atom is -0.313 e. The van der Waals surface area contributed by atoms with Crippen LogP contribution >= 0.6 is 22.9 Å². The van der Waals surface area contributed by atoms with Gasteiger partial charge in [0.1, 0.15) is 0 Å². The van der Waals surface area contributed by atoms with Crippen molar-refractivity contribution in [2.75, 3.05) is 6.54 Å². The molecule has 2 unspecified atom stereocenters. The summed E-state index contributed by atoms with van der Waals surface area (Å²) in [6.07, 6.45) is 0. The number of alkyl halides is 1. The quantitative estimate of drug-likeness (QED) is 0.806. The summed E-state index contributed by atoms with van der Waals surface area (Å²) in [5, 5.41) is 6.81. The molecule has 0 fully saturated rings. The standard InChI is InChI=1S/C13H16ClNS/c1-3-15-9(2)13(14)11-5-4-10-6-7-16-12(10)8-11/h4-9,13,15H,3H2,1-2H3. The molecule has 1 aromatic carbocycles. The van der Waals surface area contributed by atoms with Crippen LogP contribution in [-0.2, 0) is 0 Å². The number of likely N-dealkylation sites (N-methyl/N-ethyl adjacent to an activating group) is 1. The molecule has 0 radical (unpaired) electrons. The van der Waals surface area contributed by atoms with Crippen LogP contribution in [0.2, 0.25) is 0 Å². The van der Waals surface area contributed by atoms with Crippen molar-refractivity contribution in [3.63, 3.8) is 0 Å². The first-order valence-corrected chi connectivity index (χ1v) is 6.88. The molecule has 2 aromatic rings. The summed E-state index contributed by atoms with van der Waals surface area (Å²) in [5.74, 6) is 0. The monoisotopic (exact) mass is 253 g/mol. The van der Waals surface area contributed by atoms with E-state index in [-0.39, 0.29) is 5.38 Å². The fraction of sp³-hybridized carbons (Fsp3) is 0.385. The summed E-state index contributed by atoms with van der Waals surface area (Å²) < 4.78 is 1.31. The van der Waals surface area contributed by atoms with Gasteiger partial charge in [-0.05, 0) is 41.9 Å². The molecule has 1 heterocycles. The third-order valence-electron chi connectivity index (χ3n) is 2.76. The third kappa shape index (κ3) is 2.40. The van der Waals surface area contributed by atoms with Crippen LogP contribution in [-0.4, -0.2) is 12.6 Å². The zero-order valence-corrected chi connectivity index (χ0v) is 11.1. The second-order valence-electron chi connectivity index (χ2n) is 3.97. The predicted octanol–water partition coefficient (Wildman–Crippen LogP) is 4.18. The molecule has 0 aliphatic heterocycles. The second-order valence-corrected chi connectivity index (χ2v) is 5.38. The van der Waals surface area contributed by atoms with E-state index in [9.17, 15) is 0 Å². The lowest BCUT2D eigenvalue weighted by Gasteiger charge is -2.19. The van der Waals surface area contributed by atoms with Gasteiger partial charge >= 0.3 is 0 Å². The van der Waals surface area contributed by atoms with E-state index in [1.165, 1.54) is 15.6 Å². The number of fused-ring (bicyclic) bond motifs is 1. The van der Waals surface area contributed by atoms with Crippen LogP contribution in [0.25, 0.3) is 10.1 Å². The molecular formula is C13H16ClNS. The Morgan fingerprint density at radius 2 is 2.19 bits per heavy atom. The third-order valence-corrected chi connectivity index (χ3v) is 4.27. The molecular weight excluding hydrogens is 238 g/mol. The Balaban J connectivity index is 2.24. The summed E-state index contributed by atoms with van der Waals surface area (Å²) in [6, 6.07) is 8.91. The molecule has 0 aliphatic carbocycles. The number of halogens is 1. The van der Waals surface area contributed by atoms with Crippen LogP contribution in [0.4, 0.5) is 0 Å². The molecule has 86 valence electrons. The molecule has 0 bridgehead atoms. The lowest BCUT2D eigenvalue weighted by molar-refractivity contribution is 0.552. The number of nitrogens with one attached hydrogen (secondary N) is 1. The maximum atomic E-state index is 6.44. The molecule has 0 saturated carbocycles. The van der Waals surface area contributed by atoms with E-state index in [4.69, 9.17) is 11.6 Å². The van der Waals surface area contributed by atoms with Crippen molar-refractivity contribution in [3.05, 3.63) is 35.2 Å². The van der Waals surface area contributed by atoms with Crippen molar-refractivity contribution in [2.24, 2.45) is 0 Å². The van der Waals surface area contributed by atoms with Gasteiger partial charge in [-0.1, -0.05) is 19.1 Å². The molecule has 3 heteroatoms. The SMILES string of the molecule is CCNC(C)C(Cl)c1ccc2ccsc2c1. The highest BCUT2D eigenvalue weighted by molar-refractivity contribution is 7.17. The highest BCUT2D eigenvalue weighted by Crippen LogP contribution is 2.29. The van der Waals surface area contributed by atoms with Crippen LogP contribution in [0, 0.1) is 0 Å². The summed E-state index contributed by atoms with van der Waals surface area (Å²) in [4.78, 5) is 0. The number of hydrogen-bond acceptors (Lipinski definition) is 2. The van der Waals surface area contributed by atoms with E-state index in [0.717, 1.165) is 6.54 Å². The van der Waals surface area contributed by atoms with E-state index in [1.807, 2.05) is 0 Å². The summed E-state index contributed by atoms with van der Waals surface area (Å²) in [6.45, 7) is 5.17. The lowest BCUT2D eigenvalue weighted by atomic mass is 10.1. The molecule has 16 heavy (non-hydrogen) atoms. The summed E-state index contributed by atoms with van der Waals surface area (Å²) >= 11 is 8.21. The Kier molecular flexibility index (Phi) is 3.85. The molecule has 1 nitrogen and oxygen atoms in total. The average molecular weight is 254 g/mol. The second kappa shape index (κ2) is 5.17. The van der Waals surface area contributed by atoms with Crippen molar-refractivity contribution in [2.45, 2.75) is 25.3 Å². The predicted molar refractivity (Wildman–Crippen MR) is 73.6 cm³/mol. The number of rotatable bonds is 4. The van der Waals surface area contributed by atoms with Crippen molar-refractivity contribution < 1.29 is 0 Å². The number of hydrogen-bond donors (Lipinski definition) is 1. The molecule has 0 saturated heterocycles. The zero-order valence-electron chi connectivity index (χ0n) is 9.53. The van der Waals surface area contributed by atoms with Crippen molar-refractivity contribution in [3.8, 4) is 0 Å². The largest absolute Gasteiger partial charge is 0.313 e. The molecule has 1 aromatic heterocycles. The first-order valence-electron chi connectivity index (χ1n) is 5.57. The molecule has 0 aliphatic rings. The van der Waals surface area contributed by atoms with E-state index in [1.54, 1.807) is 11.3 Å². The molecule has 0 spiro atoms. The Hall–Kier alpha value is -0.570. The highest BCUT2D eigenvalue weighted by Gasteiger charge is 2.15. The van der Waals surface area contributed by atoms with Gasteiger partial charge in [0.15, 0.2) is 0 Å². The van der Waals surface area contributed by atoms with Gasteiger partial charge in [-0.2, -0.15) is 0 Å². The minimum absolute atomic E-state index is 0.0337. The Labute approximate surface area is 105 Å². The van der Waals surface area contributed by atoms with Crippen molar-refractivity contribution in [1.82, 2.24) is 5.32 Å². The van der Waals surface area contributed by atoms with Gasteiger partial charge in [0.2, 0.25) is 0 Å². The van der Waals surface area contributed by atoms with Gasteiger partial charge in [-0.15, -0.1) is 22.9 Å². The minimum atomic E-state index is 0.0337. The van der Waals surface area contributed by atoms with Crippen LogP contribution in [0.5, 0.6) is 0 Å². The van der Waals surface area contributed by atoms with Crippen LogP contribution < -0.4 is 5.32 Å². The smallest absolute Gasteiger partial charge is 0.0736 e. The highest BCUT2D eigenvalue weighted by atomic mass is 35.5. The van der Waals surface area contributed by atoms with E-state index in [2.05, 4.69) is 48.8 Å². The fourth-order valence-corrected chi connectivity index (χ4v) is 2.92. The Morgan fingerprint density at radius 3 is 2.94 bits per heavy atom. The molecule has 2 atom stereocenters. The maximum absolute atomic E-state index is 6.44. The first kappa shape index (κ1) is 11.9. The first-order chi connectivity index (χ1) is 7.72. The molecule has 0 amide bonds. The molecule has 1 N–H and O–H groups in total. The zero-order chi connectivity index (χ0) is 11.5. The Morgan fingerprint density at radius 1 is 1.38 bits per heavy atom. The van der Waals surface area contributed by atoms with Crippen LogP contribution in [0.1, 0.15) is 24.8 Å². The average Bonchev–Trinajstić information content (AvgIpc) is 2.75. The number of thiophene rings is 1. The van der Waals surface area contributed by atoms with Crippen molar-refractivity contribution in [1.29, 1.82) is 0 Å². The van der Waals surface area contributed by atoms with Crippen LogP contribution in [0.3, 0.4) is 0 Å². The van der Waals surface area contributed by atoms with Gasteiger partial charge in [-0.25, -0.2) is 0 Å². The van der Waals surface area contributed by atoms with E-state index < -0.39 is 0 Å². The van der Waals surface area contributed by atoms with E-state index >= 15 is 0 Å². The van der Waals surface area contributed by atoms with E-state index in [0.29, 0.717) is 6.04 Å². The lowest BCUT2D eigenvalue weighted by Crippen LogP contribution is -2.29.